The Kier molecular flexibility index (Phi) is 7.88. The number of fused-ring (bicyclic) bond motifs is 6. The predicted octanol–water partition coefficient (Wildman–Crippen LogP) is 14.4. The summed E-state index contributed by atoms with van der Waals surface area (Å²) in [6.45, 7) is 0. The van der Waals surface area contributed by atoms with Crippen LogP contribution in [-0.2, 0) is 0 Å². The maximum Gasteiger partial charge on any atom is 0.104 e. The second-order valence-electron chi connectivity index (χ2n) is 14.8. The standard InChI is InChI=1S/C55H35N3/c56-36-49-50(57-52-28-24-41(37-14-5-1-6-15-37)32-45(52)46-33-42(25-29-53(46)57)38-16-7-2-8-17-38)22-13-23-51(49)58-54-30-26-43(39-18-9-3-10-19-39)34-47(54)48-35-44(27-31-55(48)58)40-20-11-4-12-21-40/h1-35H. The molecule has 3 heteroatoms. The quantitative estimate of drug-likeness (QED) is 0.167. The van der Waals surface area contributed by atoms with Crippen LogP contribution < -0.4 is 0 Å². The Morgan fingerprint density at radius 2 is 0.552 bits per heavy atom. The van der Waals surface area contributed by atoms with Crippen molar-refractivity contribution in [3.05, 3.63) is 218 Å². The molecule has 0 saturated carbocycles. The van der Waals surface area contributed by atoms with Gasteiger partial charge in [-0.3, -0.25) is 0 Å². The van der Waals surface area contributed by atoms with E-state index in [-0.39, 0.29) is 0 Å². The first-order valence-electron chi connectivity index (χ1n) is 19.7. The molecular weight excluding hydrogens is 703 g/mol. The summed E-state index contributed by atoms with van der Waals surface area (Å²) in [5.41, 5.74) is 15.8. The van der Waals surface area contributed by atoms with E-state index in [0.717, 1.165) is 77.2 Å². The summed E-state index contributed by atoms with van der Waals surface area (Å²) < 4.78 is 4.57. The van der Waals surface area contributed by atoms with Gasteiger partial charge in [0.1, 0.15) is 11.6 Å². The molecule has 0 aliphatic rings. The van der Waals surface area contributed by atoms with Crippen LogP contribution in [0.4, 0.5) is 0 Å². The normalized spacial score (nSPS) is 11.4. The van der Waals surface area contributed by atoms with Crippen LogP contribution in [0.5, 0.6) is 0 Å². The molecule has 0 amide bonds. The van der Waals surface area contributed by atoms with Gasteiger partial charge >= 0.3 is 0 Å². The fourth-order valence-corrected chi connectivity index (χ4v) is 8.82. The number of hydrogen-bond acceptors (Lipinski definition) is 1. The largest absolute Gasteiger partial charge is 0.308 e. The Morgan fingerprint density at radius 3 is 0.810 bits per heavy atom. The Balaban J connectivity index is 1.17. The smallest absolute Gasteiger partial charge is 0.104 e. The number of nitrogens with zero attached hydrogens (tertiary/aromatic N) is 3. The molecule has 11 aromatic rings. The van der Waals surface area contributed by atoms with Crippen molar-refractivity contribution in [2.75, 3.05) is 0 Å². The number of rotatable bonds is 6. The number of nitriles is 1. The molecule has 0 radical (unpaired) electrons. The van der Waals surface area contributed by atoms with Gasteiger partial charge in [-0.2, -0.15) is 5.26 Å². The number of aromatic nitrogens is 2. The van der Waals surface area contributed by atoms with E-state index in [4.69, 9.17) is 0 Å². The van der Waals surface area contributed by atoms with Crippen LogP contribution in [0.3, 0.4) is 0 Å². The van der Waals surface area contributed by atoms with E-state index in [1.54, 1.807) is 0 Å². The zero-order valence-corrected chi connectivity index (χ0v) is 31.5. The third-order valence-corrected chi connectivity index (χ3v) is 11.6. The van der Waals surface area contributed by atoms with Gasteiger partial charge in [0.2, 0.25) is 0 Å². The molecule has 58 heavy (non-hydrogen) atoms. The third-order valence-electron chi connectivity index (χ3n) is 11.6. The third kappa shape index (κ3) is 5.43. The molecule has 0 spiro atoms. The monoisotopic (exact) mass is 737 g/mol. The lowest BCUT2D eigenvalue weighted by Gasteiger charge is -2.16. The highest BCUT2D eigenvalue weighted by atomic mass is 15.0. The number of benzene rings is 9. The van der Waals surface area contributed by atoms with Gasteiger partial charge in [0.05, 0.1) is 33.4 Å². The minimum absolute atomic E-state index is 0.610. The fraction of sp³-hybridized carbons (Fsp3) is 0. The van der Waals surface area contributed by atoms with Crippen molar-refractivity contribution in [3.63, 3.8) is 0 Å². The fourth-order valence-electron chi connectivity index (χ4n) is 8.82. The second kappa shape index (κ2) is 13.7. The van der Waals surface area contributed by atoms with Crippen LogP contribution in [0.1, 0.15) is 5.56 Å². The molecule has 2 aromatic heterocycles. The van der Waals surface area contributed by atoms with Crippen LogP contribution in [0.25, 0.3) is 99.5 Å². The van der Waals surface area contributed by atoms with E-state index in [2.05, 4.69) is 228 Å². The first-order chi connectivity index (χ1) is 28.7. The molecule has 2 heterocycles. The predicted molar refractivity (Wildman–Crippen MR) is 242 cm³/mol. The molecular formula is C55H35N3. The summed E-state index contributed by atoms with van der Waals surface area (Å²) in [4.78, 5) is 0. The van der Waals surface area contributed by atoms with Gasteiger partial charge in [-0.05, 0) is 105 Å². The van der Waals surface area contributed by atoms with E-state index >= 15 is 0 Å². The van der Waals surface area contributed by atoms with Gasteiger partial charge in [-0.1, -0.05) is 152 Å². The average Bonchev–Trinajstić information content (AvgIpc) is 3.81. The highest BCUT2D eigenvalue weighted by Gasteiger charge is 2.22. The maximum absolute atomic E-state index is 11.3. The molecule has 0 fully saturated rings. The van der Waals surface area contributed by atoms with Gasteiger partial charge < -0.3 is 9.13 Å². The van der Waals surface area contributed by atoms with Gasteiger partial charge in [-0.15, -0.1) is 0 Å². The minimum atomic E-state index is 0.610. The van der Waals surface area contributed by atoms with E-state index < -0.39 is 0 Å². The summed E-state index contributed by atoms with van der Waals surface area (Å²) in [5.74, 6) is 0. The van der Waals surface area contributed by atoms with Gasteiger partial charge in [0.15, 0.2) is 0 Å². The van der Waals surface area contributed by atoms with Crippen molar-refractivity contribution in [1.82, 2.24) is 9.13 Å². The van der Waals surface area contributed by atoms with Crippen LogP contribution in [0, 0.1) is 11.3 Å². The first-order valence-corrected chi connectivity index (χ1v) is 19.7. The van der Waals surface area contributed by atoms with Gasteiger partial charge in [0.25, 0.3) is 0 Å². The molecule has 0 saturated heterocycles. The van der Waals surface area contributed by atoms with Crippen LogP contribution in [0.15, 0.2) is 212 Å². The maximum atomic E-state index is 11.3. The first kappa shape index (κ1) is 33.4. The van der Waals surface area contributed by atoms with Crippen molar-refractivity contribution in [2.24, 2.45) is 0 Å². The van der Waals surface area contributed by atoms with E-state index in [0.29, 0.717) is 5.56 Å². The van der Waals surface area contributed by atoms with Crippen molar-refractivity contribution >= 4 is 43.6 Å². The van der Waals surface area contributed by atoms with E-state index in [1.807, 2.05) is 0 Å². The minimum Gasteiger partial charge on any atom is -0.308 e. The molecule has 0 aliphatic heterocycles. The summed E-state index contributed by atoms with van der Waals surface area (Å²) >= 11 is 0. The summed E-state index contributed by atoms with van der Waals surface area (Å²) in [7, 11) is 0. The topological polar surface area (TPSA) is 33.6 Å². The summed E-state index contributed by atoms with van der Waals surface area (Å²) in [6.07, 6.45) is 0. The Bertz CT molecular complexity index is 2960. The molecule has 0 N–H and O–H groups in total. The SMILES string of the molecule is N#Cc1c(-n2c3ccc(-c4ccccc4)cc3c3cc(-c4ccccc4)ccc32)cccc1-n1c2ccc(-c3ccccc3)cc2c2cc(-c3ccccc3)ccc21. The molecule has 3 nitrogen and oxygen atoms in total. The van der Waals surface area contributed by atoms with Crippen LogP contribution in [-0.4, -0.2) is 9.13 Å². The lowest BCUT2D eigenvalue weighted by atomic mass is 10.0. The number of hydrogen-bond donors (Lipinski definition) is 0. The zero-order chi connectivity index (χ0) is 38.6. The van der Waals surface area contributed by atoms with Crippen LogP contribution in [0.2, 0.25) is 0 Å². The Labute approximate surface area is 336 Å². The highest BCUT2D eigenvalue weighted by Crippen LogP contribution is 2.41. The Hall–Kier alpha value is -7.93. The van der Waals surface area contributed by atoms with Crippen molar-refractivity contribution in [1.29, 1.82) is 5.26 Å². The second-order valence-corrected chi connectivity index (χ2v) is 14.8. The molecule has 0 unspecified atom stereocenters. The van der Waals surface area contributed by atoms with E-state index in [1.165, 1.54) is 22.3 Å². The molecule has 0 bridgehead atoms. The van der Waals surface area contributed by atoms with Crippen LogP contribution >= 0.6 is 0 Å². The van der Waals surface area contributed by atoms with Crippen molar-refractivity contribution in [3.8, 4) is 62.0 Å². The van der Waals surface area contributed by atoms with Crippen molar-refractivity contribution < 1.29 is 0 Å². The lowest BCUT2D eigenvalue weighted by Crippen LogP contribution is -2.04. The van der Waals surface area contributed by atoms with Gasteiger partial charge in [0, 0.05) is 21.5 Å². The molecule has 11 rings (SSSR count). The summed E-state index contributed by atoms with van der Waals surface area (Å²) in [6, 6.07) is 78.0. The van der Waals surface area contributed by atoms with E-state index in [9.17, 15) is 5.26 Å². The molecule has 270 valence electrons. The lowest BCUT2D eigenvalue weighted by molar-refractivity contribution is 1.12. The zero-order valence-electron chi connectivity index (χ0n) is 31.5. The molecule has 0 aliphatic carbocycles. The molecule has 9 aromatic carbocycles. The average molecular weight is 738 g/mol. The summed E-state index contributed by atoms with van der Waals surface area (Å²) in [5, 5.41) is 15.8. The highest BCUT2D eigenvalue weighted by molar-refractivity contribution is 6.13. The van der Waals surface area contributed by atoms with Gasteiger partial charge in [-0.25, -0.2) is 0 Å². The van der Waals surface area contributed by atoms with Crippen molar-refractivity contribution in [2.45, 2.75) is 0 Å². The Morgan fingerprint density at radius 1 is 0.276 bits per heavy atom. The molecule has 0 atom stereocenters.